The van der Waals surface area contributed by atoms with E-state index in [1.165, 1.54) is 6.07 Å². The van der Waals surface area contributed by atoms with E-state index in [9.17, 15) is 18.0 Å². The molecule has 4 rings (SSSR count). The number of alkyl halides is 3. The van der Waals surface area contributed by atoms with Gasteiger partial charge in [0.05, 0.1) is 12.5 Å². The summed E-state index contributed by atoms with van der Waals surface area (Å²) in [6.45, 7) is 1.70. The number of carbonyl (C=O) groups is 1. The Hall–Kier alpha value is -3.22. The van der Waals surface area contributed by atoms with Crippen molar-refractivity contribution < 1.29 is 27.1 Å². The number of nitrogens with one attached hydrogen (secondary N) is 1. The van der Waals surface area contributed by atoms with E-state index in [2.05, 4.69) is 5.32 Å². The molecule has 0 fully saturated rings. The van der Waals surface area contributed by atoms with Gasteiger partial charge in [-0.25, -0.2) is 0 Å². The molecule has 2 heterocycles. The van der Waals surface area contributed by atoms with Gasteiger partial charge in [0.2, 0.25) is 11.7 Å². The highest BCUT2D eigenvalue weighted by atomic mass is 19.4. The first kappa shape index (κ1) is 19.1. The second-order valence-corrected chi connectivity index (χ2v) is 7.19. The minimum Gasteiger partial charge on any atom is -0.496 e. The first-order valence-corrected chi connectivity index (χ1v) is 8.97. The van der Waals surface area contributed by atoms with E-state index in [1.807, 2.05) is 36.4 Å². The Morgan fingerprint density at radius 3 is 2.55 bits per heavy atom. The van der Waals surface area contributed by atoms with Crippen LogP contribution in [0.2, 0.25) is 0 Å². The van der Waals surface area contributed by atoms with E-state index in [0.717, 1.165) is 17.2 Å². The summed E-state index contributed by atoms with van der Waals surface area (Å²) in [6, 6.07) is 15.2. The molecule has 3 aromatic rings. The zero-order chi connectivity index (χ0) is 20.8. The maximum Gasteiger partial charge on any atom is 0.449 e. The molecule has 0 saturated heterocycles. The SMILES string of the molecule is COc1ccccc1-c1ccc2c(c1)C(C)(Cc1ccc(C(F)(F)F)o1)C(=O)N2. The van der Waals surface area contributed by atoms with Crippen molar-refractivity contribution in [2.75, 3.05) is 12.4 Å². The van der Waals surface area contributed by atoms with E-state index in [0.29, 0.717) is 17.0 Å². The van der Waals surface area contributed by atoms with Gasteiger partial charge >= 0.3 is 6.18 Å². The van der Waals surface area contributed by atoms with Crippen LogP contribution in [0.3, 0.4) is 0 Å². The van der Waals surface area contributed by atoms with Crippen LogP contribution in [0, 0.1) is 0 Å². The van der Waals surface area contributed by atoms with Crippen LogP contribution in [0.15, 0.2) is 59.0 Å². The van der Waals surface area contributed by atoms with E-state index >= 15 is 0 Å². The van der Waals surface area contributed by atoms with E-state index in [-0.39, 0.29) is 18.1 Å². The number of ether oxygens (including phenoxy) is 1. The number of para-hydroxylation sites is 1. The summed E-state index contributed by atoms with van der Waals surface area (Å²) >= 11 is 0. The van der Waals surface area contributed by atoms with E-state index in [4.69, 9.17) is 9.15 Å². The molecule has 0 saturated carbocycles. The third kappa shape index (κ3) is 3.26. The molecule has 150 valence electrons. The van der Waals surface area contributed by atoms with Gasteiger partial charge < -0.3 is 14.5 Å². The third-order valence-corrected chi connectivity index (χ3v) is 5.25. The van der Waals surface area contributed by atoms with Crippen molar-refractivity contribution in [1.82, 2.24) is 0 Å². The highest BCUT2D eigenvalue weighted by Crippen LogP contribution is 2.43. The van der Waals surface area contributed by atoms with Crippen LogP contribution in [0.25, 0.3) is 11.1 Å². The molecule has 0 bridgehead atoms. The van der Waals surface area contributed by atoms with Crippen molar-refractivity contribution in [3.63, 3.8) is 0 Å². The number of anilines is 1. The van der Waals surface area contributed by atoms with Crippen LogP contribution in [0.5, 0.6) is 5.75 Å². The third-order valence-electron chi connectivity index (χ3n) is 5.25. The maximum atomic E-state index is 12.9. The highest BCUT2D eigenvalue weighted by Gasteiger charge is 2.44. The molecule has 1 aliphatic rings. The van der Waals surface area contributed by atoms with Crippen LogP contribution in [-0.4, -0.2) is 13.0 Å². The highest BCUT2D eigenvalue weighted by molar-refractivity contribution is 6.06. The van der Waals surface area contributed by atoms with Gasteiger partial charge in [-0.05, 0) is 48.4 Å². The zero-order valence-corrected chi connectivity index (χ0v) is 15.8. The van der Waals surface area contributed by atoms with Crippen molar-refractivity contribution >= 4 is 11.6 Å². The summed E-state index contributed by atoms with van der Waals surface area (Å²) < 4.78 is 48.9. The van der Waals surface area contributed by atoms with E-state index < -0.39 is 17.4 Å². The molecule has 1 aliphatic heterocycles. The molecule has 1 aromatic heterocycles. The minimum absolute atomic E-state index is 0.0112. The Morgan fingerprint density at radius 2 is 1.86 bits per heavy atom. The number of benzene rings is 2. The average Bonchev–Trinajstić information content (AvgIpc) is 3.25. The lowest BCUT2D eigenvalue weighted by Gasteiger charge is -2.21. The monoisotopic (exact) mass is 401 g/mol. The molecule has 0 aliphatic carbocycles. The van der Waals surface area contributed by atoms with Gasteiger partial charge in [0, 0.05) is 17.7 Å². The zero-order valence-electron chi connectivity index (χ0n) is 15.8. The smallest absolute Gasteiger partial charge is 0.449 e. The van der Waals surface area contributed by atoms with Crippen molar-refractivity contribution in [3.05, 3.63) is 71.7 Å². The fourth-order valence-electron chi connectivity index (χ4n) is 3.69. The number of hydrogen-bond donors (Lipinski definition) is 1. The summed E-state index contributed by atoms with van der Waals surface area (Å²) in [5.74, 6) is -0.565. The Kier molecular flexibility index (Phi) is 4.41. The summed E-state index contributed by atoms with van der Waals surface area (Å²) in [6.07, 6.45) is -4.55. The van der Waals surface area contributed by atoms with Gasteiger partial charge in [-0.2, -0.15) is 13.2 Å². The van der Waals surface area contributed by atoms with Crippen molar-refractivity contribution in [1.29, 1.82) is 0 Å². The lowest BCUT2D eigenvalue weighted by atomic mass is 9.79. The minimum atomic E-state index is -4.56. The molecule has 7 heteroatoms. The number of amides is 1. The van der Waals surface area contributed by atoms with Gasteiger partial charge in [0.15, 0.2) is 0 Å². The van der Waals surface area contributed by atoms with Gasteiger partial charge in [-0.3, -0.25) is 4.79 Å². The molecule has 4 nitrogen and oxygen atoms in total. The van der Waals surface area contributed by atoms with Crippen LogP contribution >= 0.6 is 0 Å². The molecule has 1 N–H and O–H groups in total. The van der Waals surface area contributed by atoms with Gasteiger partial charge in [0.25, 0.3) is 0 Å². The number of fused-ring (bicyclic) bond motifs is 1. The molecule has 1 atom stereocenters. The summed E-state index contributed by atoms with van der Waals surface area (Å²) in [5, 5.41) is 2.82. The number of hydrogen-bond acceptors (Lipinski definition) is 3. The number of halogens is 3. The largest absolute Gasteiger partial charge is 0.496 e. The normalized spacial score (nSPS) is 18.4. The van der Waals surface area contributed by atoms with Crippen LogP contribution in [0.4, 0.5) is 18.9 Å². The second kappa shape index (κ2) is 6.69. The lowest BCUT2D eigenvalue weighted by Crippen LogP contribution is -2.33. The quantitative estimate of drug-likeness (QED) is 0.635. The number of methoxy groups -OCH3 is 1. The first-order chi connectivity index (χ1) is 13.7. The van der Waals surface area contributed by atoms with Crippen molar-refractivity contribution in [2.45, 2.75) is 24.9 Å². The predicted molar refractivity (Wildman–Crippen MR) is 102 cm³/mol. The molecule has 1 amide bonds. The second-order valence-electron chi connectivity index (χ2n) is 7.19. The average molecular weight is 401 g/mol. The first-order valence-electron chi connectivity index (χ1n) is 8.97. The molecule has 0 radical (unpaired) electrons. The number of furan rings is 1. The van der Waals surface area contributed by atoms with Gasteiger partial charge in [0.1, 0.15) is 11.5 Å². The Morgan fingerprint density at radius 1 is 1.10 bits per heavy atom. The number of rotatable bonds is 4. The Labute approximate surface area is 165 Å². The maximum absolute atomic E-state index is 12.9. The molecule has 29 heavy (non-hydrogen) atoms. The standard InChI is InChI=1S/C22H18F3NO3/c1-21(12-14-8-10-19(29-14)22(23,24)25)16-11-13(7-9-17(16)26-20(21)27)15-5-3-4-6-18(15)28-2/h3-11H,12H2,1-2H3,(H,26,27). The molecular weight excluding hydrogens is 383 g/mol. The molecule has 1 unspecified atom stereocenters. The van der Waals surface area contributed by atoms with Crippen molar-refractivity contribution in [3.8, 4) is 16.9 Å². The predicted octanol–water partition coefficient (Wildman–Crippen LogP) is 5.43. The molecule has 0 spiro atoms. The molecule has 2 aromatic carbocycles. The van der Waals surface area contributed by atoms with E-state index in [1.54, 1.807) is 20.1 Å². The Balaban J connectivity index is 1.74. The molecular formula is C22H18F3NO3. The van der Waals surface area contributed by atoms with Gasteiger partial charge in [-0.1, -0.05) is 24.3 Å². The van der Waals surface area contributed by atoms with Crippen LogP contribution < -0.4 is 10.1 Å². The Bertz CT molecular complexity index is 1090. The van der Waals surface area contributed by atoms with Crippen molar-refractivity contribution in [2.24, 2.45) is 0 Å². The summed E-state index contributed by atoms with van der Waals surface area (Å²) in [5.41, 5.74) is 1.99. The van der Waals surface area contributed by atoms with Crippen LogP contribution in [0.1, 0.15) is 24.0 Å². The summed E-state index contributed by atoms with van der Waals surface area (Å²) in [7, 11) is 1.58. The topological polar surface area (TPSA) is 51.5 Å². The summed E-state index contributed by atoms with van der Waals surface area (Å²) in [4.78, 5) is 12.7. The fraction of sp³-hybridized carbons (Fsp3) is 0.227. The van der Waals surface area contributed by atoms with Gasteiger partial charge in [-0.15, -0.1) is 0 Å². The lowest BCUT2D eigenvalue weighted by molar-refractivity contribution is -0.153. The fourth-order valence-corrected chi connectivity index (χ4v) is 3.69. The number of carbonyl (C=O) groups excluding carboxylic acids is 1. The van der Waals surface area contributed by atoms with Crippen LogP contribution in [-0.2, 0) is 22.8 Å².